The van der Waals surface area contributed by atoms with Crippen LogP contribution >= 0.6 is 0 Å². The van der Waals surface area contributed by atoms with Gasteiger partial charge in [-0.3, -0.25) is 4.55 Å². The molecule has 0 aliphatic heterocycles. The van der Waals surface area contributed by atoms with Crippen LogP contribution in [-0.4, -0.2) is 26.2 Å². The van der Waals surface area contributed by atoms with Gasteiger partial charge in [0.25, 0.3) is 10.1 Å². The van der Waals surface area contributed by atoms with Crippen LogP contribution in [0, 0.1) is 11.3 Å². The Morgan fingerprint density at radius 2 is 1.33 bits per heavy atom. The second kappa shape index (κ2) is 10.3. The van der Waals surface area contributed by atoms with Crippen LogP contribution in [0.2, 0.25) is 0 Å². The molecule has 0 fully saturated rings. The largest absolute Gasteiger partial charge is 0.493 e. The molecule has 1 N–H and O–H groups in total. The van der Waals surface area contributed by atoms with Crippen molar-refractivity contribution in [2.24, 2.45) is 11.3 Å². The average molecular weight is 435 g/mol. The van der Waals surface area contributed by atoms with Gasteiger partial charge in [-0.05, 0) is 65.6 Å². The van der Waals surface area contributed by atoms with Gasteiger partial charge in [0, 0.05) is 6.42 Å². The zero-order valence-electron chi connectivity index (χ0n) is 18.6. The van der Waals surface area contributed by atoms with Gasteiger partial charge in [-0.2, -0.15) is 8.42 Å². The molecule has 166 valence electrons. The molecule has 0 radical (unpaired) electrons. The molecule has 0 saturated heterocycles. The highest BCUT2D eigenvalue weighted by Crippen LogP contribution is 2.36. The van der Waals surface area contributed by atoms with Crippen molar-refractivity contribution in [2.75, 3.05) is 13.2 Å². The van der Waals surface area contributed by atoms with Crippen LogP contribution < -0.4 is 9.47 Å². The summed E-state index contributed by atoms with van der Waals surface area (Å²) < 4.78 is 42.4. The summed E-state index contributed by atoms with van der Waals surface area (Å²) in [7, 11) is -4.18. The number of hydrogen-bond acceptors (Lipinski definition) is 4. The van der Waals surface area contributed by atoms with Crippen LogP contribution in [-0.2, 0) is 10.1 Å². The first kappa shape index (κ1) is 24.2. The van der Waals surface area contributed by atoms with Crippen molar-refractivity contribution >= 4 is 10.1 Å². The molecule has 0 aliphatic rings. The Morgan fingerprint density at radius 3 is 1.73 bits per heavy atom. The fourth-order valence-electron chi connectivity index (χ4n) is 3.36. The molecule has 1 unspecified atom stereocenters. The highest BCUT2D eigenvalue weighted by molar-refractivity contribution is 7.85. The van der Waals surface area contributed by atoms with Crippen molar-refractivity contribution in [1.29, 1.82) is 0 Å². The molecule has 6 heteroatoms. The Balaban J connectivity index is 1.79. The van der Waals surface area contributed by atoms with E-state index in [1.54, 1.807) is 0 Å². The van der Waals surface area contributed by atoms with E-state index in [2.05, 4.69) is 46.8 Å². The van der Waals surface area contributed by atoms with Crippen molar-refractivity contribution in [3.05, 3.63) is 54.1 Å². The van der Waals surface area contributed by atoms with E-state index in [4.69, 9.17) is 14.0 Å². The third kappa shape index (κ3) is 8.00. The Bertz CT molecular complexity index is 879. The van der Waals surface area contributed by atoms with Crippen LogP contribution in [0.25, 0.3) is 0 Å². The number of rotatable bonds is 10. The van der Waals surface area contributed by atoms with E-state index in [1.165, 1.54) is 29.8 Å². The first-order chi connectivity index (χ1) is 14.0. The highest BCUT2D eigenvalue weighted by atomic mass is 32.2. The summed E-state index contributed by atoms with van der Waals surface area (Å²) in [5.74, 6) is 2.50. The van der Waals surface area contributed by atoms with Crippen LogP contribution in [0.5, 0.6) is 11.5 Å². The summed E-state index contributed by atoms with van der Waals surface area (Å²) in [6.45, 7) is 12.4. The molecular formula is C24H34O5S. The lowest BCUT2D eigenvalue weighted by Crippen LogP contribution is -2.16. The van der Waals surface area contributed by atoms with Gasteiger partial charge in [-0.15, -0.1) is 0 Å². The molecule has 0 amide bonds. The van der Waals surface area contributed by atoms with E-state index >= 15 is 0 Å². The molecular weight excluding hydrogens is 400 g/mol. The van der Waals surface area contributed by atoms with Gasteiger partial charge in [-0.1, -0.05) is 46.8 Å². The van der Waals surface area contributed by atoms with Gasteiger partial charge in [0.1, 0.15) is 11.5 Å². The zero-order valence-corrected chi connectivity index (χ0v) is 19.4. The molecule has 0 aromatic heterocycles. The summed E-state index contributed by atoms with van der Waals surface area (Å²) in [6.07, 6.45) is 1.84. The van der Waals surface area contributed by atoms with Crippen molar-refractivity contribution < 1.29 is 22.4 Å². The lowest BCUT2D eigenvalue weighted by Gasteiger charge is -2.29. The number of ether oxygens (including phenoxy) is 2. The van der Waals surface area contributed by atoms with Gasteiger partial charge >= 0.3 is 0 Å². The van der Waals surface area contributed by atoms with Crippen LogP contribution in [0.15, 0.2) is 53.4 Å². The molecule has 30 heavy (non-hydrogen) atoms. The maximum Gasteiger partial charge on any atom is 0.294 e. The predicted octanol–water partition coefficient (Wildman–Crippen LogP) is 5.96. The van der Waals surface area contributed by atoms with Crippen molar-refractivity contribution in [3.8, 4) is 11.5 Å². The molecule has 0 aliphatic carbocycles. The van der Waals surface area contributed by atoms with E-state index < -0.39 is 10.1 Å². The third-order valence-corrected chi connectivity index (χ3v) is 5.76. The summed E-state index contributed by atoms with van der Waals surface area (Å²) in [4.78, 5) is -0.149. The van der Waals surface area contributed by atoms with Gasteiger partial charge in [-0.25, -0.2) is 0 Å². The smallest absolute Gasteiger partial charge is 0.294 e. The molecule has 0 saturated carbocycles. The molecule has 0 heterocycles. The van der Waals surface area contributed by atoms with Crippen LogP contribution in [0.4, 0.5) is 0 Å². The highest BCUT2D eigenvalue weighted by Gasteiger charge is 2.23. The first-order valence-electron chi connectivity index (χ1n) is 10.4. The lowest BCUT2D eigenvalue weighted by molar-refractivity contribution is 0.247. The molecule has 5 nitrogen and oxygen atoms in total. The molecule has 2 aromatic rings. The molecule has 0 spiro atoms. The topological polar surface area (TPSA) is 72.8 Å². The standard InChI is InChI=1S/C24H34O5S/c1-18(2)23(17-24(3,4)5)19-7-9-20(10-8-19)28-15-6-16-29-21-11-13-22(14-12-21)30(25,26)27/h7-14,18,23H,6,15-17H2,1-5H3,(H,25,26,27). The minimum Gasteiger partial charge on any atom is -0.493 e. The normalized spacial score (nSPS) is 13.3. The minimum absolute atomic E-state index is 0.149. The number of benzene rings is 2. The lowest BCUT2D eigenvalue weighted by atomic mass is 9.76. The molecule has 0 bridgehead atoms. The van der Waals surface area contributed by atoms with Gasteiger partial charge in [0.05, 0.1) is 18.1 Å². The van der Waals surface area contributed by atoms with Crippen molar-refractivity contribution in [3.63, 3.8) is 0 Å². The Morgan fingerprint density at radius 1 is 0.867 bits per heavy atom. The summed E-state index contributed by atoms with van der Waals surface area (Å²) in [5.41, 5.74) is 1.64. The Kier molecular flexibility index (Phi) is 8.33. The predicted molar refractivity (Wildman–Crippen MR) is 120 cm³/mol. The Hall–Kier alpha value is -2.05. The molecule has 1 atom stereocenters. The quantitative estimate of drug-likeness (QED) is 0.369. The molecule has 2 aromatic carbocycles. The minimum atomic E-state index is -4.18. The van der Waals surface area contributed by atoms with Crippen LogP contribution in [0.1, 0.15) is 58.9 Å². The van der Waals surface area contributed by atoms with E-state index in [0.29, 0.717) is 37.2 Å². The Labute approximate surface area is 181 Å². The average Bonchev–Trinajstić information content (AvgIpc) is 2.65. The summed E-state index contributed by atoms with van der Waals surface area (Å²) in [6, 6.07) is 14.1. The monoisotopic (exact) mass is 434 g/mol. The van der Waals surface area contributed by atoms with Crippen molar-refractivity contribution in [2.45, 2.75) is 58.3 Å². The van der Waals surface area contributed by atoms with Gasteiger partial charge in [0.15, 0.2) is 0 Å². The fourth-order valence-corrected chi connectivity index (χ4v) is 3.84. The number of hydrogen-bond donors (Lipinski definition) is 1. The maximum absolute atomic E-state index is 11.0. The first-order valence-corrected chi connectivity index (χ1v) is 11.8. The second-order valence-electron chi connectivity index (χ2n) is 9.18. The van der Waals surface area contributed by atoms with Crippen molar-refractivity contribution in [1.82, 2.24) is 0 Å². The third-order valence-electron chi connectivity index (χ3n) is 4.89. The van der Waals surface area contributed by atoms with Crippen LogP contribution in [0.3, 0.4) is 0 Å². The second-order valence-corrected chi connectivity index (χ2v) is 10.6. The van der Waals surface area contributed by atoms with Gasteiger partial charge in [0.2, 0.25) is 0 Å². The summed E-state index contributed by atoms with van der Waals surface area (Å²) >= 11 is 0. The summed E-state index contributed by atoms with van der Waals surface area (Å²) in [5, 5.41) is 0. The van der Waals surface area contributed by atoms with E-state index in [9.17, 15) is 8.42 Å². The SMILES string of the molecule is CC(C)C(CC(C)(C)C)c1ccc(OCCCOc2ccc(S(=O)(=O)O)cc2)cc1. The maximum atomic E-state index is 11.0. The van der Waals surface area contributed by atoms with E-state index in [1.807, 2.05) is 12.1 Å². The van der Waals surface area contributed by atoms with E-state index in [0.717, 1.165) is 12.2 Å². The molecule has 2 rings (SSSR count). The van der Waals surface area contributed by atoms with E-state index in [-0.39, 0.29) is 10.3 Å². The zero-order chi connectivity index (χ0) is 22.4. The fraction of sp³-hybridized carbons (Fsp3) is 0.500. The van der Waals surface area contributed by atoms with Gasteiger partial charge < -0.3 is 9.47 Å².